The molecule has 1 N–H and O–H groups in total. The molecule has 0 atom stereocenters. The van der Waals surface area contributed by atoms with Gasteiger partial charge in [-0.15, -0.1) is 0 Å². The summed E-state index contributed by atoms with van der Waals surface area (Å²) in [5.74, 6) is -0.451. The molecule has 2 rings (SSSR count). The van der Waals surface area contributed by atoms with Crippen LogP contribution in [0.3, 0.4) is 0 Å². The Hall–Kier alpha value is -1.62. The quantitative estimate of drug-likeness (QED) is 0.908. The van der Waals surface area contributed by atoms with Crippen LogP contribution in [0.4, 0.5) is 0 Å². The average molecular weight is 268 g/mol. The molecule has 0 aliphatic carbocycles. The Morgan fingerprint density at radius 2 is 1.94 bits per heavy atom. The van der Waals surface area contributed by atoms with Crippen molar-refractivity contribution in [3.63, 3.8) is 0 Å². The number of halogens is 1. The van der Waals surface area contributed by atoms with Crippen LogP contribution in [0.1, 0.15) is 41.8 Å². The van der Waals surface area contributed by atoms with E-state index in [1.165, 1.54) is 0 Å². The summed E-state index contributed by atoms with van der Waals surface area (Å²) < 4.78 is 1.72. The standard InChI is InChI=1S/C12H14ClN3O2/c1-5(2)16-10(13)9(12(17)18)8-6(3)14-7(4)15-11(8)16/h5H,1-4H3,(H,17,18). The van der Waals surface area contributed by atoms with Crippen LogP contribution in [-0.2, 0) is 0 Å². The van der Waals surface area contributed by atoms with Gasteiger partial charge in [0.15, 0.2) is 0 Å². The fraction of sp³-hybridized carbons (Fsp3) is 0.417. The Balaban J connectivity index is 3.02. The largest absolute Gasteiger partial charge is 0.478 e. The van der Waals surface area contributed by atoms with Gasteiger partial charge in [-0.2, -0.15) is 0 Å². The van der Waals surface area contributed by atoms with Gasteiger partial charge in [-0.25, -0.2) is 14.8 Å². The number of hydrogen-bond donors (Lipinski definition) is 1. The van der Waals surface area contributed by atoms with E-state index in [4.69, 9.17) is 11.6 Å². The SMILES string of the molecule is Cc1nc(C)c2c(C(=O)O)c(Cl)n(C(C)C)c2n1. The molecule has 2 aromatic heterocycles. The first-order valence-corrected chi connectivity index (χ1v) is 6.00. The van der Waals surface area contributed by atoms with Crippen molar-refractivity contribution >= 4 is 28.6 Å². The van der Waals surface area contributed by atoms with E-state index in [-0.39, 0.29) is 16.8 Å². The van der Waals surface area contributed by atoms with Gasteiger partial charge in [0.1, 0.15) is 22.2 Å². The summed E-state index contributed by atoms with van der Waals surface area (Å²) in [4.78, 5) is 19.9. The molecule has 0 aromatic carbocycles. The molecule has 0 spiro atoms. The number of aryl methyl sites for hydroxylation is 2. The minimum absolute atomic E-state index is 0.0294. The van der Waals surface area contributed by atoms with Crippen LogP contribution in [0.5, 0.6) is 0 Å². The highest BCUT2D eigenvalue weighted by Gasteiger charge is 2.25. The number of carboxylic acid groups (broad SMARTS) is 1. The summed E-state index contributed by atoms with van der Waals surface area (Å²) >= 11 is 6.18. The van der Waals surface area contributed by atoms with E-state index in [0.717, 1.165) is 0 Å². The summed E-state index contributed by atoms with van der Waals surface area (Å²) in [5, 5.41) is 10.0. The Kier molecular flexibility index (Phi) is 3.02. The lowest BCUT2D eigenvalue weighted by Crippen LogP contribution is -2.03. The molecule has 0 radical (unpaired) electrons. The maximum absolute atomic E-state index is 11.4. The smallest absolute Gasteiger partial charge is 0.339 e. The van der Waals surface area contributed by atoms with Gasteiger partial charge in [-0.1, -0.05) is 11.6 Å². The third-order valence-corrected chi connectivity index (χ3v) is 3.18. The van der Waals surface area contributed by atoms with Gasteiger partial charge in [0.2, 0.25) is 0 Å². The van der Waals surface area contributed by atoms with Crippen LogP contribution in [-0.4, -0.2) is 25.6 Å². The Labute approximate surface area is 109 Å². The van der Waals surface area contributed by atoms with E-state index in [1.54, 1.807) is 18.4 Å². The number of fused-ring (bicyclic) bond motifs is 1. The first-order chi connectivity index (χ1) is 8.34. The number of carbonyl (C=O) groups is 1. The Bertz CT molecular complexity index is 647. The zero-order valence-electron chi connectivity index (χ0n) is 10.7. The molecule has 0 saturated carbocycles. The summed E-state index contributed by atoms with van der Waals surface area (Å²) in [6, 6.07) is 0.0294. The van der Waals surface area contributed by atoms with Gasteiger partial charge in [-0.3, -0.25) is 0 Å². The van der Waals surface area contributed by atoms with E-state index in [1.807, 2.05) is 13.8 Å². The normalized spacial score (nSPS) is 11.4. The molecule has 0 saturated heterocycles. The molecule has 0 aliphatic rings. The molecule has 6 heteroatoms. The molecule has 0 aliphatic heterocycles. The maximum Gasteiger partial charge on any atom is 0.339 e. The van der Waals surface area contributed by atoms with Gasteiger partial charge in [0.25, 0.3) is 0 Å². The van der Waals surface area contributed by atoms with Gasteiger partial charge in [0, 0.05) is 6.04 Å². The number of aromatic carboxylic acids is 1. The second-order valence-corrected chi connectivity index (χ2v) is 4.85. The highest BCUT2D eigenvalue weighted by molar-refractivity contribution is 6.35. The lowest BCUT2D eigenvalue weighted by atomic mass is 10.2. The second kappa shape index (κ2) is 4.24. The molecular weight excluding hydrogens is 254 g/mol. The van der Waals surface area contributed by atoms with Crippen LogP contribution in [0, 0.1) is 13.8 Å². The van der Waals surface area contributed by atoms with E-state index >= 15 is 0 Å². The maximum atomic E-state index is 11.4. The molecule has 0 bridgehead atoms. The molecular formula is C12H14ClN3O2. The number of rotatable bonds is 2. The number of carboxylic acids is 1. The van der Waals surface area contributed by atoms with Crippen molar-refractivity contribution in [3.8, 4) is 0 Å². The second-order valence-electron chi connectivity index (χ2n) is 4.49. The third-order valence-electron chi connectivity index (χ3n) is 2.81. The molecule has 0 fully saturated rings. The molecule has 96 valence electrons. The molecule has 0 unspecified atom stereocenters. The summed E-state index contributed by atoms with van der Waals surface area (Å²) in [6.07, 6.45) is 0. The summed E-state index contributed by atoms with van der Waals surface area (Å²) in [6.45, 7) is 7.41. The van der Waals surface area contributed by atoms with Crippen LogP contribution < -0.4 is 0 Å². The van der Waals surface area contributed by atoms with Crippen molar-refractivity contribution in [2.45, 2.75) is 33.7 Å². The fourth-order valence-electron chi connectivity index (χ4n) is 2.14. The third kappa shape index (κ3) is 1.75. The highest BCUT2D eigenvalue weighted by atomic mass is 35.5. The van der Waals surface area contributed by atoms with Crippen molar-refractivity contribution in [1.82, 2.24) is 14.5 Å². The fourth-order valence-corrected chi connectivity index (χ4v) is 2.60. The lowest BCUT2D eigenvalue weighted by molar-refractivity contribution is 0.0699. The highest BCUT2D eigenvalue weighted by Crippen LogP contribution is 2.33. The van der Waals surface area contributed by atoms with Crippen LogP contribution >= 0.6 is 11.6 Å². The van der Waals surface area contributed by atoms with Crippen molar-refractivity contribution < 1.29 is 9.90 Å². The monoisotopic (exact) mass is 267 g/mol. The van der Waals surface area contributed by atoms with Gasteiger partial charge < -0.3 is 9.67 Å². The minimum Gasteiger partial charge on any atom is -0.478 e. The zero-order valence-corrected chi connectivity index (χ0v) is 11.4. The van der Waals surface area contributed by atoms with E-state index in [0.29, 0.717) is 22.6 Å². The molecule has 0 amide bonds. The van der Waals surface area contributed by atoms with E-state index in [2.05, 4.69) is 9.97 Å². The van der Waals surface area contributed by atoms with E-state index in [9.17, 15) is 9.90 Å². The van der Waals surface area contributed by atoms with E-state index < -0.39 is 5.97 Å². The number of nitrogens with zero attached hydrogens (tertiary/aromatic N) is 3. The minimum atomic E-state index is -1.06. The average Bonchev–Trinajstić information content (AvgIpc) is 2.50. The Morgan fingerprint density at radius 3 is 2.44 bits per heavy atom. The lowest BCUT2D eigenvalue weighted by Gasteiger charge is -2.10. The van der Waals surface area contributed by atoms with Crippen molar-refractivity contribution in [2.75, 3.05) is 0 Å². The van der Waals surface area contributed by atoms with Crippen molar-refractivity contribution in [3.05, 3.63) is 22.2 Å². The zero-order chi connectivity index (χ0) is 13.6. The van der Waals surface area contributed by atoms with Gasteiger partial charge in [-0.05, 0) is 27.7 Å². The van der Waals surface area contributed by atoms with Gasteiger partial charge in [0.05, 0.1) is 11.1 Å². The number of aromatic nitrogens is 3. The molecule has 2 aromatic rings. The molecule has 2 heterocycles. The first kappa shape index (κ1) is 12.8. The summed E-state index contributed by atoms with van der Waals surface area (Å²) in [7, 11) is 0. The van der Waals surface area contributed by atoms with Crippen molar-refractivity contribution in [2.24, 2.45) is 0 Å². The van der Waals surface area contributed by atoms with Crippen molar-refractivity contribution in [1.29, 1.82) is 0 Å². The van der Waals surface area contributed by atoms with Gasteiger partial charge >= 0.3 is 5.97 Å². The van der Waals surface area contributed by atoms with Crippen LogP contribution in [0.15, 0.2) is 0 Å². The number of hydrogen-bond acceptors (Lipinski definition) is 3. The predicted octanol–water partition coefficient (Wildman–Crippen LogP) is 2.98. The molecule has 5 nitrogen and oxygen atoms in total. The first-order valence-electron chi connectivity index (χ1n) is 5.62. The topological polar surface area (TPSA) is 68.0 Å². The molecule has 18 heavy (non-hydrogen) atoms. The van der Waals surface area contributed by atoms with Crippen LogP contribution in [0.25, 0.3) is 11.0 Å². The predicted molar refractivity (Wildman–Crippen MR) is 69.4 cm³/mol. The summed E-state index contributed by atoms with van der Waals surface area (Å²) in [5.41, 5.74) is 1.30. The Morgan fingerprint density at radius 1 is 1.33 bits per heavy atom. The van der Waals surface area contributed by atoms with Crippen LogP contribution in [0.2, 0.25) is 5.15 Å².